The fraction of sp³-hybridized carbons (Fsp3) is 0.250. The monoisotopic (exact) mass is 393 g/mol. The van der Waals surface area contributed by atoms with Gasteiger partial charge in [0.15, 0.2) is 0 Å². The molecule has 0 bridgehead atoms. The quantitative estimate of drug-likeness (QED) is 0.683. The van der Waals surface area contributed by atoms with Crippen molar-refractivity contribution in [3.8, 4) is 0 Å². The molecule has 1 aromatic carbocycles. The Hall–Kier alpha value is -1.86. The van der Waals surface area contributed by atoms with Gasteiger partial charge < -0.3 is 4.90 Å². The molecule has 0 fully saturated rings. The van der Waals surface area contributed by atoms with E-state index in [1.54, 1.807) is 34.9 Å². The maximum absolute atomic E-state index is 12.5. The van der Waals surface area contributed by atoms with Crippen LogP contribution in [0.2, 0.25) is 0 Å². The van der Waals surface area contributed by atoms with Crippen molar-refractivity contribution in [2.75, 3.05) is 7.05 Å². The van der Waals surface area contributed by atoms with Crippen molar-refractivity contribution in [3.63, 3.8) is 0 Å². The Balaban J connectivity index is 1.83. The largest absolute Gasteiger partial charge is 0.339 e. The normalized spacial score (nSPS) is 11.1. The molecule has 120 valence electrons. The number of benzene rings is 1. The van der Waals surface area contributed by atoms with Gasteiger partial charge in [-0.15, -0.1) is 11.3 Å². The van der Waals surface area contributed by atoms with E-state index >= 15 is 0 Å². The van der Waals surface area contributed by atoms with Crippen molar-refractivity contribution in [1.82, 2.24) is 14.0 Å². The summed E-state index contributed by atoms with van der Waals surface area (Å²) in [5, 5.41) is 1.99. The molecule has 0 aliphatic carbocycles. The Morgan fingerprint density at radius 3 is 2.65 bits per heavy atom. The van der Waals surface area contributed by atoms with Crippen LogP contribution in [0.3, 0.4) is 0 Å². The van der Waals surface area contributed by atoms with Crippen molar-refractivity contribution in [2.45, 2.75) is 13.1 Å². The topological polar surface area (TPSA) is 47.2 Å². The molecule has 0 saturated heterocycles. The Labute approximate surface area is 145 Å². The molecule has 0 aliphatic heterocycles. The van der Waals surface area contributed by atoms with Crippen LogP contribution in [0.1, 0.15) is 4.88 Å². The average Bonchev–Trinajstić information content (AvgIpc) is 3.04. The summed E-state index contributed by atoms with van der Waals surface area (Å²) in [6, 6.07) is 9.49. The fourth-order valence-electron chi connectivity index (χ4n) is 2.53. The van der Waals surface area contributed by atoms with E-state index < -0.39 is 0 Å². The highest BCUT2D eigenvalue weighted by molar-refractivity contribution is 9.10. The van der Waals surface area contributed by atoms with Crippen molar-refractivity contribution in [3.05, 3.63) is 55.5 Å². The van der Waals surface area contributed by atoms with Crippen molar-refractivity contribution < 1.29 is 4.79 Å². The molecule has 0 radical (unpaired) electrons. The number of imidazole rings is 1. The standard InChI is InChI=1S/C16H16BrN3O2S/c1-18(8-12-7-11(17)10-23-12)15(21)9-20-14-6-4-3-5-13(14)19(2)16(20)22/h3-7,10H,8-9H2,1-2H3. The first kappa shape index (κ1) is 16.0. The van der Waals surface area contributed by atoms with Crippen LogP contribution in [0.25, 0.3) is 11.0 Å². The van der Waals surface area contributed by atoms with Crippen LogP contribution in [0.5, 0.6) is 0 Å². The van der Waals surface area contributed by atoms with Gasteiger partial charge in [-0.1, -0.05) is 12.1 Å². The number of carbonyl (C=O) groups excluding carboxylic acids is 1. The lowest BCUT2D eigenvalue weighted by atomic mass is 10.3. The van der Waals surface area contributed by atoms with Crippen molar-refractivity contribution in [2.24, 2.45) is 7.05 Å². The van der Waals surface area contributed by atoms with Crippen LogP contribution in [-0.4, -0.2) is 27.0 Å². The zero-order valence-electron chi connectivity index (χ0n) is 12.8. The molecular weight excluding hydrogens is 378 g/mol. The summed E-state index contributed by atoms with van der Waals surface area (Å²) in [5.74, 6) is -0.0898. The molecule has 7 heteroatoms. The molecule has 0 saturated carbocycles. The summed E-state index contributed by atoms with van der Waals surface area (Å²) in [6.07, 6.45) is 0. The molecule has 1 amide bonds. The Bertz CT molecular complexity index is 925. The number of nitrogens with zero attached hydrogens (tertiary/aromatic N) is 3. The summed E-state index contributed by atoms with van der Waals surface area (Å²) in [4.78, 5) is 27.6. The second-order valence-electron chi connectivity index (χ2n) is 5.40. The first-order valence-electron chi connectivity index (χ1n) is 7.08. The second-order valence-corrected chi connectivity index (χ2v) is 7.31. The molecule has 0 atom stereocenters. The third-order valence-electron chi connectivity index (χ3n) is 3.79. The van der Waals surface area contributed by atoms with Gasteiger partial charge in [-0.25, -0.2) is 4.79 Å². The Morgan fingerprint density at radius 2 is 2.00 bits per heavy atom. The zero-order chi connectivity index (χ0) is 16.6. The molecule has 3 rings (SSSR count). The van der Waals surface area contributed by atoms with Crippen LogP contribution >= 0.6 is 27.3 Å². The van der Waals surface area contributed by atoms with Gasteiger partial charge in [-0.2, -0.15) is 0 Å². The minimum absolute atomic E-state index is 0.0449. The van der Waals surface area contributed by atoms with Gasteiger partial charge in [0.2, 0.25) is 5.91 Å². The second kappa shape index (κ2) is 6.33. The van der Waals surface area contributed by atoms with Gasteiger partial charge in [0.1, 0.15) is 6.54 Å². The summed E-state index contributed by atoms with van der Waals surface area (Å²) >= 11 is 5.01. The van der Waals surface area contributed by atoms with Crippen molar-refractivity contribution in [1.29, 1.82) is 0 Å². The molecule has 0 aliphatic rings. The van der Waals surface area contributed by atoms with Crippen LogP contribution in [0.15, 0.2) is 45.0 Å². The van der Waals surface area contributed by atoms with Crippen LogP contribution < -0.4 is 5.69 Å². The molecule has 0 N–H and O–H groups in total. The minimum atomic E-state index is -0.174. The molecule has 23 heavy (non-hydrogen) atoms. The lowest BCUT2D eigenvalue weighted by Gasteiger charge is -2.16. The van der Waals surface area contributed by atoms with E-state index in [1.165, 1.54) is 4.57 Å². The maximum atomic E-state index is 12.5. The third-order valence-corrected chi connectivity index (χ3v) is 5.47. The number of halogens is 1. The number of hydrogen-bond donors (Lipinski definition) is 0. The lowest BCUT2D eigenvalue weighted by molar-refractivity contribution is -0.131. The smallest absolute Gasteiger partial charge is 0.329 e. The van der Waals surface area contributed by atoms with Gasteiger partial charge in [0.05, 0.1) is 17.6 Å². The molecular formula is C16H16BrN3O2S. The number of amides is 1. The number of hydrogen-bond acceptors (Lipinski definition) is 3. The van der Waals surface area contributed by atoms with Crippen molar-refractivity contribution >= 4 is 44.2 Å². The third kappa shape index (κ3) is 3.11. The zero-order valence-corrected chi connectivity index (χ0v) is 15.2. The summed E-state index contributed by atoms with van der Waals surface area (Å²) in [7, 11) is 3.48. The van der Waals surface area contributed by atoms with Gasteiger partial charge in [0.25, 0.3) is 0 Å². The fourth-order valence-corrected chi connectivity index (χ4v) is 4.03. The number of thiophene rings is 1. The lowest BCUT2D eigenvalue weighted by Crippen LogP contribution is -2.33. The number of fused-ring (bicyclic) bond motifs is 1. The highest BCUT2D eigenvalue weighted by Gasteiger charge is 2.16. The number of aryl methyl sites for hydroxylation is 1. The SMILES string of the molecule is CN(Cc1cc(Br)cs1)C(=O)Cn1c(=O)n(C)c2ccccc21. The summed E-state index contributed by atoms with van der Waals surface area (Å²) in [5.41, 5.74) is 1.43. The molecule has 2 aromatic heterocycles. The molecule has 2 heterocycles. The number of aromatic nitrogens is 2. The van der Waals surface area contributed by atoms with E-state index in [9.17, 15) is 9.59 Å². The average molecular weight is 394 g/mol. The number of para-hydroxylation sites is 2. The molecule has 3 aromatic rings. The van der Waals surface area contributed by atoms with Gasteiger partial charge >= 0.3 is 5.69 Å². The van der Waals surface area contributed by atoms with E-state index in [0.29, 0.717) is 6.54 Å². The van der Waals surface area contributed by atoms with Crippen LogP contribution in [0.4, 0.5) is 0 Å². The molecule has 5 nitrogen and oxygen atoms in total. The van der Waals surface area contributed by atoms with E-state index in [-0.39, 0.29) is 18.1 Å². The Kier molecular flexibility index (Phi) is 4.41. The van der Waals surface area contributed by atoms with Crippen LogP contribution in [0, 0.1) is 0 Å². The first-order valence-corrected chi connectivity index (χ1v) is 8.76. The minimum Gasteiger partial charge on any atom is -0.339 e. The van der Waals surface area contributed by atoms with Gasteiger partial charge in [0, 0.05) is 28.8 Å². The molecule has 0 unspecified atom stereocenters. The first-order chi connectivity index (χ1) is 11.0. The predicted molar refractivity (Wildman–Crippen MR) is 95.7 cm³/mol. The van der Waals surface area contributed by atoms with E-state index in [4.69, 9.17) is 0 Å². The van der Waals surface area contributed by atoms with E-state index in [0.717, 1.165) is 20.4 Å². The van der Waals surface area contributed by atoms with Crippen LogP contribution in [-0.2, 0) is 24.9 Å². The summed E-state index contributed by atoms with van der Waals surface area (Å²) < 4.78 is 4.11. The highest BCUT2D eigenvalue weighted by atomic mass is 79.9. The van der Waals surface area contributed by atoms with E-state index in [2.05, 4.69) is 15.9 Å². The van der Waals surface area contributed by atoms with E-state index in [1.807, 2.05) is 35.7 Å². The maximum Gasteiger partial charge on any atom is 0.329 e. The summed E-state index contributed by atoms with van der Waals surface area (Å²) in [6.45, 7) is 0.581. The number of carbonyl (C=O) groups is 1. The predicted octanol–water partition coefficient (Wildman–Crippen LogP) is 2.82. The molecule has 0 spiro atoms. The number of likely N-dealkylation sites (N-methyl/N-ethyl adjacent to an activating group) is 1. The van der Waals surface area contributed by atoms with Gasteiger partial charge in [-0.05, 0) is 34.1 Å². The number of rotatable bonds is 4. The Morgan fingerprint density at radius 1 is 1.30 bits per heavy atom. The highest BCUT2D eigenvalue weighted by Crippen LogP contribution is 2.21. The van der Waals surface area contributed by atoms with Gasteiger partial charge in [-0.3, -0.25) is 13.9 Å².